The highest BCUT2D eigenvalue weighted by Crippen LogP contribution is 2.17. The van der Waals surface area contributed by atoms with Gasteiger partial charge in [-0.3, -0.25) is 0 Å². The molecule has 0 aliphatic rings. The fourth-order valence-corrected chi connectivity index (χ4v) is 3.02. The number of nitrogens with one attached hydrogen (secondary N) is 1. The van der Waals surface area contributed by atoms with Crippen molar-refractivity contribution in [1.82, 2.24) is 9.62 Å². The van der Waals surface area contributed by atoms with E-state index in [9.17, 15) is 8.42 Å². The van der Waals surface area contributed by atoms with Crippen LogP contribution >= 0.6 is 0 Å². The summed E-state index contributed by atoms with van der Waals surface area (Å²) in [6.45, 7) is 8.52. The molecule has 0 aliphatic heterocycles. The minimum absolute atomic E-state index is 0.0533. The lowest BCUT2D eigenvalue weighted by atomic mass is 10.2. The average Bonchev–Trinajstić information content (AvgIpc) is 2.35. The Morgan fingerprint density at radius 2 is 1.84 bits per heavy atom. The molecule has 5 heteroatoms. The highest BCUT2D eigenvalue weighted by Gasteiger charge is 2.22. The molecule has 0 bridgehead atoms. The second-order valence-corrected chi connectivity index (χ2v) is 7.30. The van der Waals surface area contributed by atoms with Gasteiger partial charge in [0.25, 0.3) is 0 Å². The number of benzene rings is 1. The molecule has 0 fully saturated rings. The predicted molar refractivity (Wildman–Crippen MR) is 78.5 cm³/mol. The van der Waals surface area contributed by atoms with Crippen molar-refractivity contribution in [2.24, 2.45) is 0 Å². The van der Waals surface area contributed by atoms with E-state index in [2.05, 4.69) is 19.2 Å². The van der Waals surface area contributed by atoms with E-state index >= 15 is 0 Å². The molecule has 1 N–H and O–H groups in total. The van der Waals surface area contributed by atoms with E-state index in [1.165, 1.54) is 4.31 Å². The summed E-state index contributed by atoms with van der Waals surface area (Å²) < 4.78 is 26.1. The smallest absolute Gasteiger partial charge is 0.243 e. The average molecular weight is 284 g/mol. The molecule has 19 heavy (non-hydrogen) atoms. The van der Waals surface area contributed by atoms with Crippen LogP contribution in [0, 0.1) is 0 Å². The summed E-state index contributed by atoms with van der Waals surface area (Å²) in [5.41, 5.74) is 0.979. The summed E-state index contributed by atoms with van der Waals surface area (Å²) in [5, 5.41) is 3.28. The molecule has 0 saturated carbocycles. The maximum atomic E-state index is 12.4. The zero-order chi connectivity index (χ0) is 14.6. The molecule has 0 amide bonds. The second-order valence-electron chi connectivity index (χ2n) is 5.30. The van der Waals surface area contributed by atoms with E-state index in [0.29, 0.717) is 17.5 Å². The van der Waals surface area contributed by atoms with Crippen LogP contribution in [0.2, 0.25) is 0 Å². The molecular weight excluding hydrogens is 260 g/mol. The first kappa shape index (κ1) is 16.1. The Balaban J connectivity index is 2.99. The Kier molecular flexibility index (Phi) is 5.52. The van der Waals surface area contributed by atoms with Gasteiger partial charge in [-0.2, -0.15) is 4.31 Å². The molecule has 1 aromatic rings. The molecule has 0 atom stereocenters. The summed E-state index contributed by atoms with van der Waals surface area (Å²) in [7, 11) is -1.78. The summed E-state index contributed by atoms with van der Waals surface area (Å²) >= 11 is 0. The first-order valence-electron chi connectivity index (χ1n) is 6.55. The van der Waals surface area contributed by atoms with Crippen LogP contribution < -0.4 is 5.32 Å². The van der Waals surface area contributed by atoms with Gasteiger partial charge in [0.2, 0.25) is 10.0 Å². The van der Waals surface area contributed by atoms with Gasteiger partial charge >= 0.3 is 0 Å². The van der Waals surface area contributed by atoms with Crippen LogP contribution in [0.4, 0.5) is 0 Å². The van der Waals surface area contributed by atoms with Crippen molar-refractivity contribution in [3.8, 4) is 0 Å². The monoisotopic (exact) mass is 284 g/mol. The normalized spacial score (nSPS) is 12.6. The zero-order valence-electron chi connectivity index (χ0n) is 12.3. The van der Waals surface area contributed by atoms with Crippen molar-refractivity contribution in [2.45, 2.75) is 51.2 Å². The SMILES string of the molecule is CC(C)NCc1cccc(S(=O)(=O)N(C)C(C)C)c1. The first-order chi connectivity index (χ1) is 8.75. The van der Waals surface area contributed by atoms with Crippen LogP contribution in [0.15, 0.2) is 29.2 Å². The van der Waals surface area contributed by atoms with Crippen molar-refractivity contribution in [1.29, 1.82) is 0 Å². The third-order valence-corrected chi connectivity index (χ3v) is 5.05. The van der Waals surface area contributed by atoms with E-state index in [4.69, 9.17) is 0 Å². The number of nitrogens with zero attached hydrogens (tertiary/aromatic N) is 1. The van der Waals surface area contributed by atoms with Gasteiger partial charge in [-0.25, -0.2) is 8.42 Å². The van der Waals surface area contributed by atoms with Crippen LogP contribution in [0.3, 0.4) is 0 Å². The van der Waals surface area contributed by atoms with Crippen molar-refractivity contribution in [3.05, 3.63) is 29.8 Å². The van der Waals surface area contributed by atoms with E-state index in [1.807, 2.05) is 19.9 Å². The first-order valence-corrected chi connectivity index (χ1v) is 7.99. The molecule has 1 rings (SSSR count). The fraction of sp³-hybridized carbons (Fsp3) is 0.571. The number of hydrogen-bond acceptors (Lipinski definition) is 3. The second kappa shape index (κ2) is 6.50. The minimum Gasteiger partial charge on any atom is -0.310 e. The number of hydrogen-bond donors (Lipinski definition) is 1. The third-order valence-electron chi connectivity index (χ3n) is 3.02. The van der Waals surface area contributed by atoms with Crippen LogP contribution in [0.25, 0.3) is 0 Å². The van der Waals surface area contributed by atoms with E-state index in [0.717, 1.165) is 5.56 Å². The minimum atomic E-state index is -3.39. The van der Waals surface area contributed by atoms with Gasteiger partial charge in [0.1, 0.15) is 0 Å². The quantitative estimate of drug-likeness (QED) is 0.871. The van der Waals surface area contributed by atoms with Crippen LogP contribution in [0.5, 0.6) is 0 Å². The Morgan fingerprint density at radius 1 is 1.21 bits per heavy atom. The highest BCUT2D eigenvalue weighted by atomic mass is 32.2. The maximum Gasteiger partial charge on any atom is 0.243 e. The van der Waals surface area contributed by atoms with Crippen molar-refractivity contribution >= 4 is 10.0 Å². The number of sulfonamides is 1. The van der Waals surface area contributed by atoms with Crippen molar-refractivity contribution < 1.29 is 8.42 Å². The Bertz CT molecular complexity index is 510. The van der Waals surface area contributed by atoms with Crippen molar-refractivity contribution in [3.63, 3.8) is 0 Å². The van der Waals surface area contributed by atoms with Gasteiger partial charge < -0.3 is 5.32 Å². The Labute approximate surface area is 116 Å². The molecule has 1 aromatic carbocycles. The third kappa shape index (κ3) is 4.30. The summed E-state index contributed by atoms with van der Waals surface area (Å²) in [6, 6.07) is 7.43. The van der Waals surface area contributed by atoms with Crippen molar-refractivity contribution in [2.75, 3.05) is 7.05 Å². The standard InChI is InChI=1S/C14H24N2O2S/c1-11(2)15-10-13-7-6-8-14(9-13)19(17,18)16(5)12(3)4/h6-9,11-12,15H,10H2,1-5H3. The molecule has 0 aromatic heterocycles. The molecule has 0 aliphatic carbocycles. The van der Waals surface area contributed by atoms with Gasteiger partial charge in [-0.15, -0.1) is 0 Å². The van der Waals surface area contributed by atoms with Gasteiger partial charge in [-0.05, 0) is 31.5 Å². The van der Waals surface area contributed by atoms with E-state index in [-0.39, 0.29) is 6.04 Å². The lowest BCUT2D eigenvalue weighted by Crippen LogP contribution is -2.33. The summed E-state index contributed by atoms with van der Waals surface area (Å²) in [5.74, 6) is 0. The molecule has 108 valence electrons. The van der Waals surface area contributed by atoms with Crippen LogP contribution in [-0.2, 0) is 16.6 Å². The topological polar surface area (TPSA) is 49.4 Å². The fourth-order valence-electron chi connectivity index (χ4n) is 1.58. The van der Waals surface area contributed by atoms with Gasteiger partial charge in [0.15, 0.2) is 0 Å². The molecule has 4 nitrogen and oxygen atoms in total. The molecule has 0 heterocycles. The highest BCUT2D eigenvalue weighted by molar-refractivity contribution is 7.89. The predicted octanol–water partition coefficient (Wildman–Crippen LogP) is 2.21. The van der Waals surface area contributed by atoms with Gasteiger partial charge in [0.05, 0.1) is 4.90 Å². The zero-order valence-corrected chi connectivity index (χ0v) is 13.2. The van der Waals surface area contributed by atoms with E-state index in [1.54, 1.807) is 25.2 Å². The van der Waals surface area contributed by atoms with Crippen LogP contribution in [-0.4, -0.2) is 31.9 Å². The van der Waals surface area contributed by atoms with Gasteiger partial charge in [0, 0.05) is 25.7 Å². The molecular formula is C14H24N2O2S. The molecule has 0 radical (unpaired) electrons. The molecule has 0 saturated heterocycles. The summed E-state index contributed by atoms with van der Waals surface area (Å²) in [6.07, 6.45) is 0. The molecule has 0 spiro atoms. The Hall–Kier alpha value is -0.910. The molecule has 0 unspecified atom stereocenters. The van der Waals surface area contributed by atoms with Gasteiger partial charge in [-0.1, -0.05) is 26.0 Å². The van der Waals surface area contributed by atoms with Crippen LogP contribution in [0.1, 0.15) is 33.3 Å². The lowest BCUT2D eigenvalue weighted by Gasteiger charge is -2.21. The number of rotatable bonds is 6. The summed E-state index contributed by atoms with van der Waals surface area (Å²) in [4.78, 5) is 0.353. The lowest BCUT2D eigenvalue weighted by molar-refractivity contribution is 0.410. The largest absolute Gasteiger partial charge is 0.310 e. The van der Waals surface area contributed by atoms with E-state index < -0.39 is 10.0 Å². The maximum absolute atomic E-state index is 12.4. The Morgan fingerprint density at radius 3 is 2.37 bits per heavy atom.